The first-order chi connectivity index (χ1) is 16.0. The molecule has 0 radical (unpaired) electrons. The van der Waals surface area contributed by atoms with E-state index in [-0.39, 0.29) is 12.3 Å². The Kier molecular flexibility index (Phi) is 7.10. The number of benzene rings is 2. The smallest absolute Gasteiger partial charge is 0.270 e. The fraction of sp³-hybridized carbons (Fsp3) is 0.391. The van der Waals surface area contributed by atoms with Gasteiger partial charge in [0.1, 0.15) is 5.75 Å². The van der Waals surface area contributed by atoms with Crippen LogP contribution in [0.1, 0.15) is 24.8 Å². The Morgan fingerprint density at radius 3 is 2.67 bits per heavy atom. The molecule has 2 aromatic carbocycles. The molecule has 9 nitrogen and oxygen atoms in total. The number of anilines is 2. The van der Waals surface area contributed by atoms with Gasteiger partial charge < -0.3 is 20.1 Å². The zero-order valence-electron chi connectivity index (χ0n) is 18.3. The van der Waals surface area contributed by atoms with E-state index in [9.17, 15) is 15.2 Å². The first kappa shape index (κ1) is 23.0. The third kappa shape index (κ3) is 5.09. The number of fused-ring (bicyclic) bond motifs is 1. The molecule has 1 fully saturated rings. The molecule has 0 unspecified atom stereocenters. The van der Waals surface area contributed by atoms with Gasteiger partial charge >= 0.3 is 0 Å². The van der Waals surface area contributed by atoms with Crippen LogP contribution >= 0.6 is 11.6 Å². The van der Waals surface area contributed by atoms with Crippen molar-refractivity contribution in [3.05, 3.63) is 57.1 Å². The van der Waals surface area contributed by atoms with Crippen LogP contribution in [0.25, 0.3) is 10.8 Å². The SMILES string of the molecule is COc1ccc(CNc2nnc(N3CCC(CCO)CC3)c3ccc([N+](=O)[O-])cc23)cc1Cl. The lowest BCUT2D eigenvalue weighted by molar-refractivity contribution is -0.384. The van der Waals surface area contributed by atoms with E-state index < -0.39 is 4.92 Å². The highest BCUT2D eigenvalue weighted by molar-refractivity contribution is 6.32. The number of halogens is 1. The van der Waals surface area contributed by atoms with Gasteiger partial charge in [-0.25, -0.2) is 0 Å². The zero-order valence-corrected chi connectivity index (χ0v) is 19.1. The lowest BCUT2D eigenvalue weighted by Crippen LogP contribution is -2.34. The van der Waals surface area contributed by atoms with Gasteiger partial charge in [-0.3, -0.25) is 10.1 Å². The van der Waals surface area contributed by atoms with Gasteiger partial charge in [0.2, 0.25) is 0 Å². The van der Waals surface area contributed by atoms with Crippen LogP contribution in [0.2, 0.25) is 5.02 Å². The first-order valence-corrected chi connectivity index (χ1v) is 11.2. The lowest BCUT2D eigenvalue weighted by Gasteiger charge is -2.33. The molecule has 0 bridgehead atoms. The molecule has 2 N–H and O–H groups in total. The number of rotatable bonds is 8. The van der Waals surface area contributed by atoms with Gasteiger partial charge in [0.25, 0.3) is 5.69 Å². The molecule has 1 aliphatic heterocycles. The number of nitrogens with zero attached hydrogens (tertiary/aromatic N) is 4. The van der Waals surface area contributed by atoms with Crippen LogP contribution in [-0.4, -0.2) is 47.0 Å². The molecule has 0 aliphatic carbocycles. The van der Waals surface area contributed by atoms with Crippen molar-refractivity contribution < 1.29 is 14.8 Å². The predicted molar refractivity (Wildman–Crippen MR) is 128 cm³/mol. The topological polar surface area (TPSA) is 114 Å². The molecule has 0 spiro atoms. The van der Waals surface area contributed by atoms with Gasteiger partial charge in [0.15, 0.2) is 11.6 Å². The molecular weight excluding hydrogens is 446 g/mol. The van der Waals surface area contributed by atoms with E-state index in [1.165, 1.54) is 12.1 Å². The number of piperidine rings is 1. The Balaban J connectivity index is 1.63. The van der Waals surface area contributed by atoms with Gasteiger partial charge in [-0.2, -0.15) is 0 Å². The lowest BCUT2D eigenvalue weighted by atomic mass is 9.94. The van der Waals surface area contributed by atoms with Crippen LogP contribution in [0.3, 0.4) is 0 Å². The highest BCUT2D eigenvalue weighted by Gasteiger charge is 2.23. The minimum Gasteiger partial charge on any atom is -0.495 e. The molecule has 1 saturated heterocycles. The average molecular weight is 472 g/mol. The van der Waals surface area contributed by atoms with E-state index in [2.05, 4.69) is 20.4 Å². The van der Waals surface area contributed by atoms with E-state index in [1.807, 2.05) is 6.07 Å². The number of aromatic nitrogens is 2. The molecule has 3 aromatic rings. The zero-order chi connectivity index (χ0) is 23.4. The van der Waals surface area contributed by atoms with Crippen molar-refractivity contribution in [3.63, 3.8) is 0 Å². The Hall–Kier alpha value is -3.17. The minimum atomic E-state index is -0.410. The molecule has 4 rings (SSSR count). The molecule has 0 atom stereocenters. The van der Waals surface area contributed by atoms with Crippen molar-refractivity contribution in [1.29, 1.82) is 0 Å². The molecule has 1 aromatic heterocycles. The number of hydrogen-bond donors (Lipinski definition) is 2. The monoisotopic (exact) mass is 471 g/mol. The highest BCUT2D eigenvalue weighted by atomic mass is 35.5. The fourth-order valence-electron chi connectivity index (χ4n) is 4.23. The Morgan fingerprint density at radius 1 is 1.21 bits per heavy atom. The van der Waals surface area contributed by atoms with E-state index in [1.54, 1.807) is 25.3 Å². The second kappa shape index (κ2) is 10.2. The maximum absolute atomic E-state index is 11.4. The summed E-state index contributed by atoms with van der Waals surface area (Å²) in [5.74, 6) is 2.29. The Labute approximate surface area is 196 Å². The number of nitrogens with one attached hydrogen (secondary N) is 1. The maximum Gasteiger partial charge on any atom is 0.270 e. The van der Waals surface area contributed by atoms with E-state index in [0.29, 0.717) is 34.4 Å². The van der Waals surface area contributed by atoms with Gasteiger partial charge in [0.05, 0.1) is 17.1 Å². The molecule has 174 valence electrons. The summed E-state index contributed by atoms with van der Waals surface area (Å²) in [6.45, 7) is 2.24. The number of aliphatic hydroxyl groups is 1. The van der Waals surface area contributed by atoms with Gasteiger partial charge in [-0.05, 0) is 48.9 Å². The van der Waals surface area contributed by atoms with Crippen LogP contribution in [-0.2, 0) is 6.54 Å². The van der Waals surface area contributed by atoms with Gasteiger partial charge in [0, 0.05) is 49.1 Å². The summed E-state index contributed by atoms with van der Waals surface area (Å²) in [6.07, 6.45) is 2.74. The normalized spacial score (nSPS) is 14.5. The van der Waals surface area contributed by atoms with Crippen molar-refractivity contribution in [3.8, 4) is 5.75 Å². The van der Waals surface area contributed by atoms with Crippen LogP contribution < -0.4 is 15.0 Å². The number of aliphatic hydroxyl groups excluding tert-OH is 1. The summed E-state index contributed by atoms with van der Waals surface area (Å²) in [6, 6.07) is 10.3. The second-order valence-electron chi connectivity index (χ2n) is 8.12. The third-order valence-electron chi connectivity index (χ3n) is 6.08. The first-order valence-electron chi connectivity index (χ1n) is 10.9. The summed E-state index contributed by atoms with van der Waals surface area (Å²) in [4.78, 5) is 13.2. The van der Waals surface area contributed by atoms with Crippen molar-refractivity contribution >= 4 is 39.7 Å². The summed E-state index contributed by atoms with van der Waals surface area (Å²) < 4.78 is 5.19. The average Bonchev–Trinajstić information content (AvgIpc) is 2.83. The molecule has 10 heteroatoms. The highest BCUT2D eigenvalue weighted by Crippen LogP contribution is 2.34. The number of ether oxygens (including phenoxy) is 1. The third-order valence-corrected chi connectivity index (χ3v) is 6.38. The van der Waals surface area contributed by atoms with E-state index >= 15 is 0 Å². The minimum absolute atomic E-state index is 0.00125. The fourth-order valence-corrected chi connectivity index (χ4v) is 4.51. The molecular formula is C23H26ClN5O4. The van der Waals surface area contributed by atoms with Crippen LogP contribution in [0, 0.1) is 16.0 Å². The van der Waals surface area contributed by atoms with Crippen molar-refractivity contribution in [1.82, 2.24) is 10.2 Å². The maximum atomic E-state index is 11.4. The predicted octanol–water partition coefficient (Wildman–Crippen LogP) is 4.41. The van der Waals surface area contributed by atoms with E-state index in [4.69, 9.17) is 16.3 Å². The van der Waals surface area contributed by atoms with Crippen molar-refractivity contribution in [2.45, 2.75) is 25.8 Å². The summed E-state index contributed by atoms with van der Waals surface area (Å²) in [5.41, 5.74) is 0.912. The molecule has 2 heterocycles. The number of methoxy groups -OCH3 is 1. The Morgan fingerprint density at radius 2 is 2.00 bits per heavy atom. The summed E-state index contributed by atoms with van der Waals surface area (Å²) in [7, 11) is 1.56. The number of nitro benzene ring substituents is 1. The van der Waals surface area contributed by atoms with Crippen molar-refractivity contribution in [2.24, 2.45) is 5.92 Å². The van der Waals surface area contributed by atoms with Gasteiger partial charge in [-0.15, -0.1) is 10.2 Å². The van der Waals surface area contributed by atoms with Crippen molar-refractivity contribution in [2.75, 3.05) is 37.0 Å². The molecule has 0 amide bonds. The largest absolute Gasteiger partial charge is 0.495 e. The Bertz CT molecular complexity index is 1150. The number of non-ortho nitro benzene ring substituents is 1. The second-order valence-corrected chi connectivity index (χ2v) is 8.53. The van der Waals surface area contributed by atoms with Crippen LogP contribution in [0.5, 0.6) is 5.75 Å². The van der Waals surface area contributed by atoms with Crippen LogP contribution in [0.15, 0.2) is 36.4 Å². The number of nitro groups is 1. The molecule has 0 saturated carbocycles. The quantitative estimate of drug-likeness (QED) is 0.367. The van der Waals surface area contributed by atoms with Gasteiger partial charge in [-0.1, -0.05) is 17.7 Å². The number of hydrogen-bond acceptors (Lipinski definition) is 8. The van der Waals surface area contributed by atoms with Crippen LogP contribution in [0.4, 0.5) is 17.3 Å². The molecule has 1 aliphatic rings. The standard InChI is InChI=1S/C23H26ClN5O4/c1-33-21-5-2-16(12-20(21)24)14-25-22-19-13-17(29(31)32)3-4-18(19)23(27-26-22)28-9-6-15(7-10-28)8-11-30/h2-5,12-13,15,30H,6-11,14H2,1H3,(H,25,26). The summed E-state index contributed by atoms with van der Waals surface area (Å²) >= 11 is 6.22. The van der Waals surface area contributed by atoms with E-state index in [0.717, 1.165) is 49.1 Å². The summed E-state index contributed by atoms with van der Waals surface area (Å²) in [5, 5.41) is 34.7. The molecule has 33 heavy (non-hydrogen) atoms.